The number of alkyl halides is 3. The number of anilines is 1. The van der Waals surface area contributed by atoms with E-state index >= 15 is 0 Å². The smallest absolute Gasteiger partial charge is 0.382 e. The lowest BCUT2D eigenvalue weighted by atomic mass is 9.91. The Kier molecular flexibility index (Phi) is 4.26. The summed E-state index contributed by atoms with van der Waals surface area (Å²) in [7, 11) is 0. The predicted octanol–water partition coefficient (Wildman–Crippen LogP) is 4.04. The first-order chi connectivity index (χ1) is 8.84. The van der Waals surface area contributed by atoms with Gasteiger partial charge in [-0.25, -0.2) is 0 Å². The summed E-state index contributed by atoms with van der Waals surface area (Å²) in [4.78, 5) is 0. The van der Waals surface area contributed by atoms with E-state index in [4.69, 9.17) is 17.3 Å². The van der Waals surface area contributed by atoms with Crippen LogP contribution in [0.5, 0.6) is 0 Å². The highest BCUT2D eigenvalue weighted by atomic mass is 35.5. The van der Waals surface area contributed by atoms with Crippen LogP contribution in [0.1, 0.15) is 31.2 Å². The molecular formula is C13H16ClF3N2. The quantitative estimate of drug-likeness (QED) is 0.863. The molecule has 1 aromatic carbocycles. The van der Waals surface area contributed by atoms with E-state index in [1.807, 2.05) is 0 Å². The minimum atomic E-state index is -4.38. The highest BCUT2D eigenvalue weighted by Gasteiger charge is 2.31. The van der Waals surface area contributed by atoms with Crippen LogP contribution in [0.25, 0.3) is 0 Å². The highest BCUT2D eigenvalue weighted by Crippen LogP contribution is 2.34. The van der Waals surface area contributed by atoms with Crippen LogP contribution in [-0.4, -0.2) is 12.1 Å². The first-order valence-corrected chi connectivity index (χ1v) is 6.62. The minimum absolute atomic E-state index is 0.0810. The normalized spacial score (nSPS) is 24.3. The van der Waals surface area contributed by atoms with E-state index in [-0.39, 0.29) is 17.1 Å². The topological polar surface area (TPSA) is 38.0 Å². The number of halogens is 4. The molecule has 6 heteroatoms. The summed E-state index contributed by atoms with van der Waals surface area (Å²) in [6.45, 7) is 0. The summed E-state index contributed by atoms with van der Waals surface area (Å²) in [5, 5.41) is 3.18. The zero-order chi connectivity index (χ0) is 14.0. The molecule has 0 heterocycles. The summed E-state index contributed by atoms with van der Waals surface area (Å²) in [5.74, 6) is 0. The second-order valence-corrected chi connectivity index (χ2v) is 5.43. The van der Waals surface area contributed by atoms with Crippen LogP contribution in [0.2, 0.25) is 5.02 Å². The second kappa shape index (κ2) is 5.59. The molecule has 0 aliphatic heterocycles. The van der Waals surface area contributed by atoms with Gasteiger partial charge in [-0.2, -0.15) is 13.2 Å². The van der Waals surface area contributed by atoms with Crippen molar-refractivity contribution in [1.29, 1.82) is 0 Å². The van der Waals surface area contributed by atoms with Gasteiger partial charge < -0.3 is 11.1 Å². The summed E-state index contributed by atoms with van der Waals surface area (Å²) in [6.07, 6.45) is -0.729. The van der Waals surface area contributed by atoms with Crippen molar-refractivity contribution < 1.29 is 13.2 Å². The monoisotopic (exact) mass is 292 g/mol. The molecule has 2 nitrogen and oxygen atoms in total. The number of nitrogens with two attached hydrogens (primary N) is 1. The Labute approximate surface area is 115 Å². The molecule has 1 aliphatic rings. The second-order valence-electron chi connectivity index (χ2n) is 4.99. The molecule has 106 valence electrons. The molecule has 0 aromatic heterocycles. The van der Waals surface area contributed by atoms with Crippen LogP contribution in [0.15, 0.2) is 18.2 Å². The Bertz CT molecular complexity index is 448. The third-order valence-electron chi connectivity index (χ3n) is 3.31. The molecule has 19 heavy (non-hydrogen) atoms. The minimum Gasteiger partial charge on any atom is -0.382 e. The van der Waals surface area contributed by atoms with Crippen molar-refractivity contribution in [2.75, 3.05) is 5.32 Å². The Morgan fingerprint density at radius 2 is 1.95 bits per heavy atom. The molecule has 2 atom stereocenters. The Balaban J connectivity index is 2.14. The average molecular weight is 293 g/mol. The molecule has 3 N–H and O–H groups in total. The fraction of sp³-hybridized carbons (Fsp3) is 0.538. The maximum absolute atomic E-state index is 12.7. The van der Waals surface area contributed by atoms with Gasteiger partial charge in [0.15, 0.2) is 0 Å². The molecule has 1 fully saturated rings. The van der Waals surface area contributed by atoms with Crippen molar-refractivity contribution in [3.63, 3.8) is 0 Å². The van der Waals surface area contributed by atoms with Gasteiger partial charge in [0, 0.05) is 22.8 Å². The van der Waals surface area contributed by atoms with Crippen LogP contribution < -0.4 is 11.1 Å². The fourth-order valence-electron chi connectivity index (χ4n) is 2.43. The van der Waals surface area contributed by atoms with Crippen LogP contribution in [0.4, 0.5) is 18.9 Å². The van der Waals surface area contributed by atoms with Crippen molar-refractivity contribution in [3.05, 3.63) is 28.8 Å². The molecule has 2 unspecified atom stereocenters. The lowest BCUT2D eigenvalue weighted by Gasteiger charge is -2.28. The molecule has 1 aliphatic carbocycles. The molecule has 2 rings (SSSR count). The molecule has 0 saturated heterocycles. The van der Waals surface area contributed by atoms with E-state index in [0.29, 0.717) is 5.69 Å². The Morgan fingerprint density at radius 3 is 2.58 bits per heavy atom. The van der Waals surface area contributed by atoms with E-state index in [1.54, 1.807) is 0 Å². The SMILES string of the molecule is NC1CCCC(Nc2cc(Cl)cc(C(F)(F)F)c2)C1. The lowest BCUT2D eigenvalue weighted by Crippen LogP contribution is -2.34. The van der Waals surface area contributed by atoms with Crippen LogP contribution in [0.3, 0.4) is 0 Å². The number of rotatable bonds is 2. The zero-order valence-electron chi connectivity index (χ0n) is 10.3. The number of nitrogens with one attached hydrogen (secondary N) is 1. The number of hydrogen-bond acceptors (Lipinski definition) is 2. The largest absolute Gasteiger partial charge is 0.416 e. The van der Waals surface area contributed by atoms with Gasteiger partial charge >= 0.3 is 6.18 Å². The molecule has 0 radical (unpaired) electrons. The first-order valence-electron chi connectivity index (χ1n) is 6.24. The third-order valence-corrected chi connectivity index (χ3v) is 3.53. The molecule has 1 aromatic rings. The van der Waals surface area contributed by atoms with Crippen LogP contribution in [0, 0.1) is 0 Å². The first kappa shape index (κ1) is 14.5. The van der Waals surface area contributed by atoms with Gasteiger partial charge in [0.25, 0.3) is 0 Å². The van der Waals surface area contributed by atoms with Gasteiger partial charge in [-0.15, -0.1) is 0 Å². The van der Waals surface area contributed by atoms with Crippen LogP contribution in [-0.2, 0) is 6.18 Å². The van der Waals surface area contributed by atoms with Gasteiger partial charge in [-0.1, -0.05) is 11.6 Å². The summed E-state index contributed by atoms with van der Waals surface area (Å²) in [5.41, 5.74) is 5.53. The van der Waals surface area contributed by atoms with E-state index in [1.165, 1.54) is 6.07 Å². The Morgan fingerprint density at radius 1 is 1.21 bits per heavy atom. The van der Waals surface area contributed by atoms with E-state index in [0.717, 1.165) is 37.8 Å². The van der Waals surface area contributed by atoms with E-state index in [9.17, 15) is 13.2 Å². The molecule has 1 saturated carbocycles. The van der Waals surface area contributed by atoms with Gasteiger partial charge in [-0.3, -0.25) is 0 Å². The standard InChI is InChI=1S/C13H16ClF3N2/c14-9-4-8(13(15,16)17)5-12(6-9)19-11-3-1-2-10(18)7-11/h4-6,10-11,19H,1-3,7,18H2. The lowest BCUT2D eigenvalue weighted by molar-refractivity contribution is -0.137. The van der Waals surface area contributed by atoms with Gasteiger partial charge in [0.2, 0.25) is 0 Å². The molecular weight excluding hydrogens is 277 g/mol. The summed E-state index contributed by atoms with van der Waals surface area (Å²) in [6, 6.07) is 3.76. The Hall–Kier alpha value is -0.940. The third kappa shape index (κ3) is 4.01. The average Bonchev–Trinajstić information content (AvgIpc) is 2.26. The van der Waals surface area contributed by atoms with Crippen molar-refractivity contribution in [2.45, 2.75) is 43.9 Å². The van der Waals surface area contributed by atoms with Crippen molar-refractivity contribution in [3.8, 4) is 0 Å². The summed E-state index contributed by atoms with van der Waals surface area (Å²) >= 11 is 5.74. The zero-order valence-corrected chi connectivity index (χ0v) is 11.1. The van der Waals surface area contributed by atoms with Gasteiger partial charge in [0.05, 0.1) is 5.56 Å². The van der Waals surface area contributed by atoms with E-state index in [2.05, 4.69) is 5.32 Å². The fourth-order valence-corrected chi connectivity index (χ4v) is 2.67. The maximum Gasteiger partial charge on any atom is 0.416 e. The van der Waals surface area contributed by atoms with Crippen molar-refractivity contribution in [2.24, 2.45) is 5.73 Å². The van der Waals surface area contributed by atoms with Crippen molar-refractivity contribution >= 4 is 17.3 Å². The van der Waals surface area contributed by atoms with E-state index < -0.39 is 11.7 Å². The maximum atomic E-state index is 12.7. The predicted molar refractivity (Wildman–Crippen MR) is 70.3 cm³/mol. The number of hydrogen-bond donors (Lipinski definition) is 2. The molecule has 0 spiro atoms. The molecule has 0 bridgehead atoms. The summed E-state index contributed by atoms with van der Waals surface area (Å²) < 4.78 is 38.0. The number of benzene rings is 1. The van der Waals surface area contributed by atoms with Crippen molar-refractivity contribution in [1.82, 2.24) is 0 Å². The highest BCUT2D eigenvalue weighted by molar-refractivity contribution is 6.30. The van der Waals surface area contributed by atoms with Gasteiger partial charge in [0.1, 0.15) is 0 Å². The van der Waals surface area contributed by atoms with Gasteiger partial charge in [-0.05, 0) is 43.9 Å². The molecule has 0 amide bonds. The van der Waals surface area contributed by atoms with Crippen LogP contribution >= 0.6 is 11.6 Å².